The fourth-order valence-corrected chi connectivity index (χ4v) is 3.05. The third-order valence-corrected chi connectivity index (χ3v) is 4.46. The van der Waals surface area contributed by atoms with Crippen LogP contribution >= 0.6 is 11.6 Å². The molecular formula is C21H16ClN3O. The highest BCUT2D eigenvalue weighted by Crippen LogP contribution is 2.20. The first-order valence-corrected chi connectivity index (χ1v) is 8.63. The molecule has 1 aromatic heterocycles. The van der Waals surface area contributed by atoms with Crippen LogP contribution in [0.25, 0.3) is 10.8 Å². The molecule has 0 spiro atoms. The van der Waals surface area contributed by atoms with Gasteiger partial charge in [-0.15, -0.1) is 0 Å². The summed E-state index contributed by atoms with van der Waals surface area (Å²) >= 11 is 5.85. The van der Waals surface area contributed by atoms with Gasteiger partial charge in [0.2, 0.25) is 0 Å². The molecule has 1 heterocycles. The zero-order valence-electron chi connectivity index (χ0n) is 13.9. The SMILES string of the molecule is O=C(Nc1cnn(Cc2cccc3ccccc23)c1)c1ccc(Cl)cc1. The summed E-state index contributed by atoms with van der Waals surface area (Å²) in [7, 11) is 0. The lowest BCUT2D eigenvalue weighted by Crippen LogP contribution is -2.11. The molecule has 4 rings (SSSR count). The number of rotatable bonds is 4. The Labute approximate surface area is 156 Å². The van der Waals surface area contributed by atoms with Gasteiger partial charge in [-0.05, 0) is 40.6 Å². The molecular weight excluding hydrogens is 346 g/mol. The molecule has 1 N–H and O–H groups in total. The van der Waals surface area contributed by atoms with Crippen LogP contribution < -0.4 is 5.32 Å². The van der Waals surface area contributed by atoms with Crippen LogP contribution in [0.15, 0.2) is 79.1 Å². The molecule has 3 aromatic carbocycles. The summed E-state index contributed by atoms with van der Waals surface area (Å²) in [5, 5.41) is 10.2. The Hall–Kier alpha value is -3.11. The van der Waals surface area contributed by atoms with Crippen LogP contribution in [-0.4, -0.2) is 15.7 Å². The Kier molecular flexibility index (Phi) is 4.42. The van der Waals surface area contributed by atoms with E-state index in [2.05, 4.69) is 34.7 Å². The summed E-state index contributed by atoms with van der Waals surface area (Å²) in [4.78, 5) is 12.3. The van der Waals surface area contributed by atoms with Gasteiger partial charge in [-0.1, -0.05) is 54.1 Å². The number of benzene rings is 3. The van der Waals surface area contributed by atoms with Crippen molar-refractivity contribution in [2.45, 2.75) is 6.54 Å². The van der Waals surface area contributed by atoms with Gasteiger partial charge < -0.3 is 5.32 Å². The summed E-state index contributed by atoms with van der Waals surface area (Å²) in [6.07, 6.45) is 3.48. The molecule has 0 saturated carbocycles. The number of nitrogens with one attached hydrogen (secondary N) is 1. The van der Waals surface area contributed by atoms with Crippen LogP contribution in [0.2, 0.25) is 5.02 Å². The molecule has 0 fully saturated rings. The molecule has 5 heteroatoms. The minimum atomic E-state index is -0.189. The highest BCUT2D eigenvalue weighted by molar-refractivity contribution is 6.30. The number of anilines is 1. The van der Waals surface area contributed by atoms with E-state index in [1.807, 2.05) is 29.1 Å². The Balaban J connectivity index is 1.51. The Morgan fingerprint density at radius 1 is 1.00 bits per heavy atom. The molecule has 0 aliphatic rings. The topological polar surface area (TPSA) is 46.9 Å². The van der Waals surface area contributed by atoms with E-state index in [4.69, 9.17) is 11.6 Å². The molecule has 0 atom stereocenters. The van der Waals surface area contributed by atoms with Crippen molar-refractivity contribution in [2.24, 2.45) is 0 Å². The van der Waals surface area contributed by atoms with Gasteiger partial charge in [0.15, 0.2) is 0 Å². The second-order valence-corrected chi connectivity index (χ2v) is 6.46. The van der Waals surface area contributed by atoms with Crippen LogP contribution in [0, 0.1) is 0 Å². The molecule has 4 nitrogen and oxygen atoms in total. The highest BCUT2D eigenvalue weighted by Gasteiger charge is 2.08. The smallest absolute Gasteiger partial charge is 0.255 e. The average Bonchev–Trinajstić information content (AvgIpc) is 3.09. The largest absolute Gasteiger partial charge is 0.319 e. The molecule has 0 saturated heterocycles. The lowest BCUT2D eigenvalue weighted by atomic mass is 10.0. The van der Waals surface area contributed by atoms with E-state index >= 15 is 0 Å². The number of carbonyl (C=O) groups is 1. The molecule has 4 aromatic rings. The average molecular weight is 362 g/mol. The number of hydrogen-bond donors (Lipinski definition) is 1. The first kappa shape index (κ1) is 16.4. The van der Waals surface area contributed by atoms with Gasteiger partial charge in [0.1, 0.15) is 0 Å². The molecule has 0 unspecified atom stereocenters. The summed E-state index contributed by atoms with van der Waals surface area (Å²) in [5.74, 6) is -0.189. The van der Waals surface area contributed by atoms with Crippen molar-refractivity contribution in [2.75, 3.05) is 5.32 Å². The summed E-state index contributed by atoms with van der Waals surface area (Å²) in [6, 6.07) is 21.3. The van der Waals surface area contributed by atoms with Crippen LogP contribution in [0.3, 0.4) is 0 Å². The maximum Gasteiger partial charge on any atom is 0.255 e. The van der Waals surface area contributed by atoms with E-state index in [1.165, 1.54) is 16.3 Å². The van der Waals surface area contributed by atoms with Crippen LogP contribution in [0.4, 0.5) is 5.69 Å². The predicted octanol–water partition coefficient (Wildman–Crippen LogP) is 4.99. The van der Waals surface area contributed by atoms with Crippen molar-refractivity contribution < 1.29 is 4.79 Å². The monoisotopic (exact) mass is 361 g/mol. The zero-order chi connectivity index (χ0) is 17.9. The van der Waals surface area contributed by atoms with Gasteiger partial charge in [0.25, 0.3) is 5.91 Å². The van der Waals surface area contributed by atoms with E-state index in [-0.39, 0.29) is 5.91 Å². The fraction of sp³-hybridized carbons (Fsp3) is 0.0476. The normalized spacial score (nSPS) is 10.8. The van der Waals surface area contributed by atoms with Crippen molar-refractivity contribution in [3.63, 3.8) is 0 Å². The van der Waals surface area contributed by atoms with Gasteiger partial charge in [-0.3, -0.25) is 9.48 Å². The van der Waals surface area contributed by atoms with Gasteiger partial charge in [-0.2, -0.15) is 5.10 Å². The molecule has 26 heavy (non-hydrogen) atoms. The van der Waals surface area contributed by atoms with Crippen molar-refractivity contribution in [1.82, 2.24) is 9.78 Å². The Bertz CT molecular complexity index is 1060. The number of hydrogen-bond acceptors (Lipinski definition) is 2. The van der Waals surface area contributed by atoms with Crippen molar-refractivity contribution in [3.05, 3.63) is 95.3 Å². The van der Waals surface area contributed by atoms with Gasteiger partial charge in [-0.25, -0.2) is 0 Å². The van der Waals surface area contributed by atoms with E-state index in [1.54, 1.807) is 30.5 Å². The predicted molar refractivity (Wildman–Crippen MR) is 105 cm³/mol. The van der Waals surface area contributed by atoms with Gasteiger partial charge >= 0.3 is 0 Å². The molecule has 0 radical (unpaired) electrons. The minimum Gasteiger partial charge on any atom is -0.319 e. The molecule has 1 amide bonds. The third kappa shape index (κ3) is 3.46. The second kappa shape index (κ2) is 7.02. The van der Waals surface area contributed by atoms with Gasteiger partial charge in [0, 0.05) is 16.8 Å². The summed E-state index contributed by atoms with van der Waals surface area (Å²) in [5.41, 5.74) is 2.39. The lowest BCUT2D eigenvalue weighted by molar-refractivity contribution is 0.102. The number of aromatic nitrogens is 2. The summed E-state index contributed by atoms with van der Waals surface area (Å²) in [6.45, 7) is 0.637. The minimum absolute atomic E-state index is 0.189. The number of fused-ring (bicyclic) bond motifs is 1. The van der Waals surface area contributed by atoms with Crippen LogP contribution in [0.5, 0.6) is 0 Å². The van der Waals surface area contributed by atoms with Crippen molar-refractivity contribution in [1.29, 1.82) is 0 Å². The van der Waals surface area contributed by atoms with Crippen LogP contribution in [-0.2, 0) is 6.54 Å². The standard InChI is InChI=1S/C21H16ClN3O/c22-18-10-8-16(9-11-18)21(26)24-19-12-23-25(14-19)13-17-6-3-5-15-4-1-2-7-20(15)17/h1-12,14H,13H2,(H,24,26). The summed E-state index contributed by atoms with van der Waals surface area (Å²) < 4.78 is 1.82. The van der Waals surface area contributed by atoms with Crippen molar-refractivity contribution in [3.8, 4) is 0 Å². The van der Waals surface area contributed by atoms with E-state index in [9.17, 15) is 4.79 Å². The fourth-order valence-electron chi connectivity index (χ4n) is 2.92. The first-order chi connectivity index (χ1) is 12.7. The maximum absolute atomic E-state index is 12.3. The van der Waals surface area contributed by atoms with E-state index in [0.717, 1.165) is 0 Å². The Morgan fingerprint density at radius 3 is 2.62 bits per heavy atom. The first-order valence-electron chi connectivity index (χ1n) is 8.25. The zero-order valence-corrected chi connectivity index (χ0v) is 14.6. The van der Waals surface area contributed by atoms with Crippen molar-refractivity contribution >= 4 is 34.0 Å². The highest BCUT2D eigenvalue weighted by atomic mass is 35.5. The number of amides is 1. The molecule has 0 aliphatic heterocycles. The van der Waals surface area contributed by atoms with Crippen LogP contribution in [0.1, 0.15) is 15.9 Å². The third-order valence-electron chi connectivity index (χ3n) is 4.21. The Morgan fingerprint density at radius 2 is 1.77 bits per heavy atom. The van der Waals surface area contributed by atoms with E-state index in [0.29, 0.717) is 22.8 Å². The number of carbonyl (C=O) groups excluding carboxylic acids is 1. The maximum atomic E-state index is 12.3. The van der Waals surface area contributed by atoms with E-state index < -0.39 is 0 Å². The number of halogens is 1. The quantitative estimate of drug-likeness (QED) is 0.556. The lowest BCUT2D eigenvalue weighted by Gasteiger charge is -2.06. The number of nitrogens with zero attached hydrogens (tertiary/aromatic N) is 2. The molecule has 0 bridgehead atoms. The van der Waals surface area contributed by atoms with Gasteiger partial charge in [0.05, 0.1) is 18.4 Å². The molecule has 0 aliphatic carbocycles. The second-order valence-electron chi connectivity index (χ2n) is 6.03. The molecule has 128 valence electrons.